The minimum atomic E-state index is 0.0445. The van der Waals surface area contributed by atoms with Crippen LogP contribution in [-0.4, -0.2) is 61.2 Å². The molecule has 4 rings (SSSR count). The normalized spacial score (nSPS) is 20.2. The molecule has 1 atom stereocenters. The van der Waals surface area contributed by atoms with E-state index in [1.807, 2.05) is 29.8 Å². The van der Waals surface area contributed by atoms with E-state index in [1.165, 1.54) is 5.56 Å². The summed E-state index contributed by atoms with van der Waals surface area (Å²) in [6, 6.07) is 8.07. The zero-order valence-corrected chi connectivity index (χ0v) is 14.9. The smallest absolute Gasteiger partial charge is 0.234 e. The quantitative estimate of drug-likeness (QED) is 0.875. The van der Waals surface area contributed by atoms with Crippen molar-refractivity contribution in [2.45, 2.75) is 12.5 Å². The van der Waals surface area contributed by atoms with Crippen molar-refractivity contribution < 1.29 is 9.53 Å². The summed E-state index contributed by atoms with van der Waals surface area (Å²) in [4.78, 5) is 21.0. The lowest BCUT2D eigenvalue weighted by molar-refractivity contribution is -0.122. The summed E-state index contributed by atoms with van der Waals surface area (Å²) in [5.74, 6) is 1.02. The number of nitrogens with zero attached hydrogens (tertiary/aromatic N) is 3. The molecule has 1 aromatic carbocycles. The molecule has 1 fully saturated rings. The van der Waals surface area contributed by atoms with E-state index in [1.54, 1.807) is 11.3 Å². The molecule has 2 aliphatic heterocycles. The van der Waals surface area contributed by atoms with E-state index in [2.05, 4.69) is 26.2 Å². The predicted octanol–water partition coefficient (Wildman–Crippen LogP) is 1.39. The Morgan fingerprint density at radius 3 is 2.88 bits per heavy atom. The van der Waals surface area contributed by atoms with Crippen LogP contribution in [0, 0.1) is 0 Å². The lowest BCUT2D eigenvalue weighted by Crippen LogP contribution is -2.50. The Hall–Kier alpha value is -2.12. The summed E-state index contributed by atoms with van der Waals surface area (Å²) in [7, 11) is 0. The Morgan fingerprint density at radius 2 is 2.12 bits per heavy atom. The first-order chi connectivity index (χ1) is 12.3. The number of piperazine rings is 1. The second kappa shape index (κ2) is 7.41. The first kappa shape index (κ1) is 16.4. The van der Waals surface area contributed by atoms with Gasteiger partial charge in [-0.3, -0.25) is 9.69 Å². The third kappa shape index (κ3) is 3.93. The molecule has 3 heterocycles. The van der Waals surface area contributed by atoms with Crippen molar-refractivity contribution in [2.24, 2.45) is 0 Å². The molecule has 0 aliphatic carbocycles. The number of thiazole rings is 1. The van der Waals surface area contributed by atoms with Crippen molar-refractivity contribution in [1.29, 1.82) is 0 Å². The molecule has 2 aliphatic rings. The maximum atomic E-state index is 12.2. The molecule has 2 aromatic rings. The average Bonchev–Trinajstić information content (AvgIpc) is 3.30. The van der Waals surface area contributed by atoms with Gasteiger partial charge in [-0.15, -0.1) is 11.3 Å². The summed E-state index contributed by atoms with van der Waals surface area (Å²) in [6.45, 7) is 4.62. The van der Waals surface area contributed by atoms with Crippen LogP contribution in [0.1, 0.15) is 5.56 Å². The van der Waals surface area contributed by atoms with E-state index in [-0.39, 0.29) is 12.0 Å². The molecular weight excluding hydrogens is 336 g/mol. The van der Waals surface area contributed by atoms with E-state index in [0.29, 0.717) is 13.1 Å². The van der Waals surface area contributed by atoms with Crippen molar-refractivity contribution in [2.75, 3.05) is 44.2 Å². The Balaban J connectivity index is 1.18. The molecule has 0 spiro atoms. The van der Waals surface area contributed by atoms with Gasteiger partial charge in [0.2, 0.25) is 5.91 Å². The number of hydrogen-bond donors (Lipinski definition) is 1. The molecule has 7 heteroatoms. The second-order valence-corrected chi connectivity index (χ2v) is 7.31. The maximum Gasteiger partial charge on any atom is 0.234 e. The molecule has 1 N–H and O–H groups in total. The highest BCUT2D eigenvalue weighted by molar-refractivity contribution is 7.13. The van der Waals surface area contributed by atoms with Gasteiger partial charge in [0.25, 0.3) is 0 Å². The number of carbonyl (C=O) groups excluding carboxylic acids is 1. The van der Waals surface area contributed by atoms with Gasteiger partial charge in [0.05, 0.1) is 13.1 Å². The van der Waals surface area contributed by atoms with E-state index < -0.39 is 0 Å². The largest absolute Gasteiger partial charge is 0.488 e. The highest BCUT2D eigenvalue weighted by atomic mass is 32.1. The number of nitrogens with one attached hydrogen (secondary N) is 1. The summed E-state index contributed by atoms with van der Waals surface area (Å²) in [5, 5.41) is 6.09. The van der Waals surface area contributed by atoms with Gasteiger partial charge in [-0.05, 0) is 11.6 Å². The predicted molar refractivity (Wildman–Crippen MR) is 98.3 cm³/mol. The number of anilines is 1. The van der Waals surface area contributed by atoms with E-state index in [4.69, 9.17) is 4.74 Å². The highest BCUT2D eigenvalue weighted by Crippen LogP contribution is 2.27. The number of ether oxygens (including phenoxy) is 1. The summed E-state index contributed by atoms with van der Waals surface area (Å²) in [6.07, 6.45) is 2.75. The van der Waals surface area contributed by atoms with E-state index >= 15 is 0 Å². The van der Waals surface area contributed by atoms with Gasteiger partial charge in [-0.2, -0.15) is 0 Å². The van der Waals surface area contributed by atoms with Gasteiger partial charge in [-0.1, -0.05) is 18.2 Å². The second-order valence-electron chi connectivity index (χ2n) is 6.43. The van der Waals surface area contributed by atoms with Crippen molar-refractivity contribution in [1.82, 2.24) is 15.2 Å². The monoisotopic (exact) mass is 358 g/mol. The van der Waals surface area contributed by atoms with Crippen LogP contribution in [0.3, 0.4) is 0 Å². The number of amides is 1. The van der Waals surface area contributed by atoms with Crippen LogP contribution in [0.2, 0.25) is 0 Å². The molecule has 1 unspecified atom stereocenters. The zero-order valence-electron chi connectivity index (χ0n) is 14.1. The lowest BCUT2D eigenvalue weighted by Gasteiger charge is -2.34. The Labute approximate surface area is 151 Å². The number of carbonyl (C=O) groups is 1. The van der Waals surface area contributed by atoms with Crippen molar-refractivity contribution in [3.8, 4) is 5.75 Å². The van der Waals surface area contributed by atoms with Gasteiger partial charge in [-0.25, -0.2) is 4.98 Å². The van der Waals surface area contributed by atoms with Gasteiger partial charge in [0.1, 0.15) is 11.9 Å². The van der Waals surface area contributed by atoms with Gasteiger partial charge in [0, 0.05) is 44.2 Å². The zero-order chi connectivity index (χ0) is 17.1. The molecule has 0 radical (unpaired) electrons. The maximum absolute atomic E-state index is 12.2. The van der Waals surface area contributed by atoms with Crippen molar-refractivity contribution >= 4 is 22.4 Å². The van der Waals surface area contributed by atoms with Crippen LogP contribution in [0.15, 0.2) is 35.8 Å². The average molecular weight is 358 g/mol. The van der Waals surface area contributed by atoms with Crippen molar-refractivity contribution in [3.05, 3.63) is 41.4 Å². The number of benzene rings is 1. The van der Waals surface area contributed by atoms with Crippen molar-refractivity contribution in [3.63, 3.8) is 0 Å². The number of para-hydroxylation sites is 1. The molecule has 1 aromatic heterocycles. The molecule has 0 saturated carbocycles. The SMILES string of the molecule is O=C(CN1CCN(c2nccs2)CC1)NCC1Cc2ccccc2O1. The molecular formula is C18H22N4O2S. The van der Waals surface area contributed by atoms with Crippen LogP contribution >= 0.6 is 11.3 Å². The summed E-state index contributed by atoms with van der Waals surface area (Å²) in [5.41, 5.74) is 1.22. The van der Waals surface area contributed by atoms with E-state index in [9.17, 15) is 4.79 Å². The van der Waals surface area contributed by atoms with Crippen LogP contribution in [0.5, 0.6) is 5.75 Å². The van der Waals surface area contributed by atoms with Crippen LogP contribution < -0.4 is 15.0 Å². The van der Waals surface area contributed by atoms with Gasteiger partial charge >= 0.3 is 0 Å². The van der Waals surface area contributed by atoms with Crippen LogP contribution in [-0.2, 0) is 11.2 Å². The van der Waals surface area contributed by atoms with Gasteiger partial charge in [0.15, 0.2) is 5.13 Å². The molecule has 0 bridgehead atoms. The van der Waals surface area contributed by atoms with Crippen LogP contribution in [0.25, 0.3) is 0 Å². The number of aromatic nitrogens is 1. The Bertz CT molecular complexity index is 689. The fraction of sp³-hybridized carbons (Fsp3) is 0.444. The Kier molecular flexibility index (Phi) is 4.85. The lowest BCUT2D eigenvalue weighted by atomic mass is 10.1. The highest BCUT2D eigenvalue weighted by Gasteiger charge is 2.24. The fourth-order valence-electron chi connectivity index (χ4n) is 3.32. The number of hydrogen-bond acceptors (Lipinski definition) is 6. The topological polar surface area (TPSA) is 57.7 Å². The first-order valence-electron chi connectivity index (χ1n) is 8.66. The number of fused-ring (bicyclic) bond motifs is 1. The Morgan fingerprint density at radius 1 is 1.28 bits per heavy atom. The molecule has 25 heavy (non-hydrogen) atoms. The fourth-order valence-corrected chi connectivity index (χ4v) is 4.02. The van der Waals surface area contributed by atoms with E-state index in [0.717, 1.165) is 43.5 Å². The molecule has 1 saturated heterocycles. The number of rotatable bonds is 5. The minimum Gasteiger partial charge on any atom is -0.488 e. The third-order valence-electron chi connectivity index (χ3n) is 4.67. The van der Waals surface area contributed by atoms with Crippen LogP contribution in [0.4, 0.5) is 5.13 Å². The summed E-state index contributed by atoms with van der Waals surface area (Å²) < 4.78 is 5.86. The molecule has 132 valence electrons. The third-order valence-corrected chi connectivity index (χ3v) is 5.50. The molecule has 6 nitrogen and oxygen atoms in total. The molecule has 1 amide bonds. The van der Waals surface area contributed by atoms with Gasteiger partial charge < -0.3 is 15.0 Å². The standard InChI is InChI=1S/C18H22N4O2S/c23-17(20-12-15-11-14-3-1-2-4-16(14)24-15)13-21-6-8-22(9-7-21)18-19-5-10-25-18/h1-5,10,15H,6-9,11-13H2,(H,20,23). The summed E-state index contributed by atoms with van der Waals surface area (Å²) >= 11 is 1.66. The first-order valence-corrected chi connectivity index (χ1v) is 9.54. The minimum absolute atomic E-state index is 0.0445.